The van der Waals surface area contributed by atoms with E-state index in [1.54, 1.807) is 0 Å². The molecule has 17 heavy (non-hydrogen) atoms. The van der Waals surface area contributed by atoms with Gasteiger partial charge in [0.25, 0.3) is 0 Å². The zero-order valence-corrected chi connectivity index (χ0v) is 10.7. The Labute approximate surface area is 106 Å². The van der Waals surface area contributed by atoms with Crippen molar-refractivity contribution in [2.75, 3.05) is 16.4 Å². The SMILES string of the molecule is O=[S+]1(O)C[C@H]2NC(=S)N(c3ccccc3)[C@H]2C1. The van der Waals surface area contributed by atoms with Gasteiger partial charge in [0.15, 0.2) is 16.6 Å². The molecule has 0 spiro atoms. The maximum absolute atomic E-state index is 11.7. The third-order valence-corrected chi connectivity index (χ3v) is 5.29. The van der Waals surface area contributed by atoms with Crippen molar-refractivity contribution < 1.29 is 8.76 Å². The number of hydrogen-bond donors (Lipinski definition) is 2. The van der Waals surface area contributed by atoms with E-state index in [2.05, 4.69) is 5.32 Å². The zero-order chi connectivity index (χ0) is 12.0. The largest absolute Gasteiger partial charge is 0.352 e. The van der Waals surface area contributed by atoms with E-state index in [1.165, 1.54) is 0 Å². The number of para-hydroxylation sites is 1. The summed E-state index contributed by atoms with van der Waals surface area (Å²) in [6.45, 7) is 0. The molecule has 1 aromatic carbocycles. The van der Waals surface area contributed by atoms with Gasteiger partial charge in [0, 0.05) is 5.69 Å². The van der Waals surface area contributed by atoms with Gasteiger partial charge in [-0.1, -0.05) is 22.4 Å². The first kappa shape index (κ1) is 11.1. The van der Waals surface area contributed by atoms with Gasteiger partial charge >= 0.3 is 0 Å². The fourth-order valence-electron chi connectivity index (χ4n) is 2.51. The second-order valence-electron chi connectivity index (χ2n) is 4.43. The number of nitrogens with zero attached hydrogens (tertiary/aromatic N) is 1. The monoisotopic (exact) mass is 269 g/mol. The molecule has 90 valence electrons. The van der Waals surface area contributed by atoms with E-state index in [9.17, 15) is 8.76 Å². The molecule has 3 rings (SSSR count). The van der Waals surface area contributed by atoms with Gasteiger partial charge in [-0.2, -0.15) is 4.55 Å². The maximum atomic E-state index is 11.7. The van der Waals surface area contributed by atoms with E-state index in [0.717, 1.165) is 5.69 Å². The van der Waals surface area contributed by atoms with Crippen LogP contribution in [-0.2, 0) is 14.4 Å². The van der Waals surface area contributed by atoms with Gasteiger partial charge in [-0.25, -0.2) is 0 Å². The minimum atomic E-state index is -2.68. The number of nitrogens with one attached hydrogen (secondary N) is 1. The number of anilines is 1. The highest BCUT2D eigenvalue weighted by molar-refractivity contribution is 7.98. The molecule has 2 aliphatic heterocycles. The minimum absolute atomic E-state index is 0.000191. The van der Waals surface area contributed by atoms with Crippen LogP contribution in [-0.4, -0.2) is 33.3 Å². The van der Waals surface area contributed by atoms with Gasteiger partial charge in [0.05, 0.1) is 0 Å². The van der Waals surface area contributed by atoms with Crippen molar-refractivity contribution in [2.45, 2.75) is 12.1 Å². The average molecular weight is 269 g/mol. The van der Waals surface area contributed by atoms with E-state index in [0.29, 0.717) is 16.6 Å². The van der Waals surface area contributed by atoms with Gasteiger partial charge in [0.1, 0.15) is 12.1 Å². The maximum Gasteiger partial charge on any atom is 0.218 e. The first-order valence-electron chi connectivity index (χ1n) is 5.44. The molecule has 3 atom stereocenters. The van der Waals surface area contributed by atoms with E-state index in [1.807, 2.05) is 35.2 Å². The van der Waals surface area contributed by atoms with Crippen molar-refractivity contribution in [1.29, 1.82) is 0 Å². The van der Waals surface area contributed by atoms with Crippen LogP contribution in [0.4, 0.5) is 5.69 Å². The Balaban J connectivity index is 1.95. The molecular formula is C11H13N2O2S2+. The number of rotatable bonds is 1. The summed E-state index contributed by atoms with van der Waals surface area (Å²) in [5, 5.41) is 3.79. The van der Waals surface area contributed by atoms with Crippen molar-refractivity contribution in [3.05, 3.63) is 30.3 Å². The lowest BCUT2D eigenvalue weighted by Crippen LogP contribution is -2.37. The Morgan fingerprint density at radius 3 is 2.76 bits per heavy atom. The number of benzene rings is 1. The predicted octanol–water partition coefficient (Wildman–Crippen LogP) is 1.10. The van der Waals surface area contributed by atoms with Crippen LogP contribution in [0.1, 0.15) is 0 Å². The van der Waals surface area contributed by atoms with Crippen LogP contribution >= 0.6 is 12.2 Å². The standard InChI is InChI=1S/C11H12N2O2S2/c14-17(15)6-9-10(7-17)13(11(16)12-9)8-4-2-1-3-5-8/h1-5,9-10H,6-7H2,(H-,12,14,15,16)/p+1/t9-,10+/m1/s1. The van der Waals surface area contributed by atoms with Crippen LogP contribution in [0, 0.1) is 0 Å². The van der Waals surface area contributed by atoms with E-state index < -0.39 is 10.2 Å². The second kappa shape index (κ2) is 3.76. The summed E-state index contributed by atoms with van der Waals surface area (Å²) in [6, 6.07) is 9.76. The Morgan fingerprint density at radius 2 is 2.06 bits per heavy atom. The molecular weight excluding hydrogens is 256 g/mol. The van der Waals surface area contributed by atoms with Gasteiger partial charge in [-0.3, -0.25) is 0 Å². The minimum Gasteiger partial charge on any atom is -0.352 e. The first-order valence-corrected chi connectivity index (χ1v) is 7.70. The Hall–Kier alpha value is -0.980. The van der Waals surface area contributed by atoms with Crippen LogP contribution in [0.5, 0.6) is 0 Å². The number of fused-ring (bicyclic) bond motifs is 1. The van der Waals surface area contributed by atoms with E-state index in [4.69, 9.17) is 12.2 Å². The molecule has 2 heterocycles. The van der Waals surface area contributed by atoms with Crippen molar-refractivity contribution in [3.8, 4) is 0 Å². The summed E-state index contributed by atoms with van der Waals surface area (Å²) in [4.78, 5) is 1.96. The number of hydrogen-bond acceptors (Lipinski definition) is 2. The van der Waals surface area contributed by atoms with E-state index in [-0.39, 0.29) is 12.1 Å². The van der Waals surface area contributed by atoms with Gasteiger partial charge < -0.3 is 10.2 Å². The number of thiocarbonyl (C=S) groups is 1. The van der Waals surface area contributed by atoms with Crippen molar-refractivity contribution in [1.82, 2.24) is 5.32 Å². The smallest absolute Gasteiger partial charge is 0.218 e. The van der Waals surface area contributed by atoms with E-state index >= 15 is 0 Å². The Morgan fingerprint density at radius 1 is 1.35 bits per heavy atom. The molecule has 1 aromatic rings. The molecule has 2 aliphatic rings. The summed E-state index contributed by atoms with van der Waals surface area (Å²) >= 11 is 5.29. The molecule has 2 saturated heterocycles. The third kappa shape index (κ3) is 1.86. The molecule has 2 fully saturated rings. The first-order chi connectivity index (χ1) is 8.07. The van der Waals surface area contributed by atoms with Crippen molar-refractivity contribution in [3.63, 3.8) is 0 Å². The Kier molecular flexibility index (Phi) is 2.46. The highest BCUT2D eigenvalue weighted by Crippen LogP contribution is 2.31. The third-order valence-electron chi connectivity index (χ3n) is 3.23. The summed E-state index contributed by atoms with van der Waals surface area (Å²) < 4.78 is 21.4. The van der Waals surface area contributed by atoms with Crippen LogP contribution in [0.2, 0.25) is 0 Å². The fourth-order valence-corrected chi connectivity index (χ4v) is 4.82. The topological polar surface area (TPSA) is 52.6 Å². The van der Waals surface area contributed by atoms with Crippen molar-refractivity contribution >= 4 is 33.2 Å². The lowest BCUT2D eigenvalue weighted by molar-refractivity contribution is 0.502. The Bertz CT molecular complexity index is 505. The summed E-state index contributed by atoms with van der Waals surface area (Å²) in [7, 11) is -2.68. The van der Waals surface area contributed by atoms with Crippen LogP contribution in [0.3, 0.4) is 0 Å². The molecule has 4 nitrogen and oxygen atoms in total. The summed E-state index contributed by atoms with van der Waals surface area (Å²) in [5.41, 5.74) is 0.981. The molecule has 0 radical (unpaired) electrons. The molecule has 0 saturated carbocycles. The van der Waals surface area contributed by atoms with Crippen LogP contribution in [0.25, 0.3) is 0 Å². The molecule has 0 aromatic heterocycles. The zero-order valence-electron chi connectivity index (χ0n) is 9.07. The van der Waals surface area contributed by atoms with Gasteiger partial charge in [-0.05, 0) is 24.4 Å². The fraction of sp³-hybridized carbons (Fsp3) is 0.364. The predicted molar refractivity (Wildman–Crippen MR) is 72.6 cm³/mol. The second-order valence-corrected chi connectivity index (χ2v) is 7.03. The summed E-state index contributed by atoms with van der Waals surface area (Å²) in [5.74, 6) is 0.584. The average Bonchev–Trinajstić information content (AvgIpc) is 2.69. The highest BCUT2D eigenvalue weighted by Gasteiger charge is 2.54. The van der Waals surface area contributed by atoms with Gasteiger partial charge in [-0.15, -0.1) is 0 Å². The molecule has 0 aliphatic carbocycles. The summed E-state index contributed by atoms with van der Waals surface area (Å²) in [6.07, 6.45) is 0. The van der Waals surface area contributed by atoms with Crippen LogP contribution < -0.4 is 10.2 Å². The molecule has 0 amide bonds. The normalized spacial score (nSPS) is 35.8. The van der Waals surface area contributed by atoms with Crippen molar-refractivity contribution in [2.24, 2.45) is 0 Å². The lowest BCUT2D eigenvalue weighted by atomic mass is 10.1. The lowest BCUT2D eigenvalue weighted by Gasteiger charge is -2.21. The molecule has 2 N–H and O–H groups in total. The molecule has 6 heteroatoms. The molecule has 0 bridgehead atoms. The highest BCUT2D eigenvalue weighted by atomic mass is 32.3. The van der Waals surface area contributed by atoms with Gasteiger partial charge in [0.2, 0.25) is 10.2 Å². The molecule has 1 unspecified atom stereocenters. The quantitative estimate of drug-likeness (QED) is 0.591. The van der Waals surface area contributed by atoms with Crippen LogP contribution in [0.15, 0.2) is 30.3 Å².